The Kier molecular flexibility index (Phi) is 3.30. The monoisotopic (exact) mass is 325 g/mol. The van der Waals surface area contributed by atoms with Crippen LogP contribution in [0, 0.1) is 18.3 Å². The lowest BCUT2D eigenvalue weighted by Crippen LogP contribution is -2.31. The van der Waals surface area contributed by atoms with Gasteiger partial charge in [-0.05, 0) is 41.3 Å². The number of hydrogen-bond acceptors (Lipinski definition) is 1. The number of rotatable bonds is 1. The first-order valence-corrected chi connectivity index (χ1v) is 8.60. The number of pyridine rings is 1. The molecule has 4 rings (SSSR count). The van der Waals surface area contributed by atoms with E-state index in [4.69, 9.17) is 0 Å². The molecule has 0 N–H and O–H groups in total. The number of hydrogen-bond donors (Lipinski definition) is 0. The van der Waals surface area contributed by atoms with Gasteiger partial charge in [-0.15, -0.1) is 0 Å². The zero-order valence-corrected chi connectivity index (χ0v) is 15.1. The highest BCUT2D eigenvalue weighted by atomic mass is 14.9. The Labute approximate surface area is 149 Å². The molecule has 0 amide bonds. The van der Waals surface area contributed by atoms with Gasteiger partial charge in [0.1, 0.15) is 7.05 Å². The molecule has 1 heterocycles. The molecule has 1 aliphatic rings. The van der Waals surface area contributed by atoms with Crippen molar-refractivity contribution in [1.82, 2.24) is 0 Å². The summed E-state index contributed by atoms with van der Waals surface area (Å²) < 4.78 is 2.16. The molecule has 2 aromatic carbocycles. The molecule has 0 radical (unpaired) electrons. The van der Waals surface area contributed by atoms with Gasteiger partial charge in [0.2, 0.25) is 5.69 Å². The summed E-state index contributed by atoms with van der Waals surface area (Å²) in [6, 6.07) is 19.3. The summed E-state index contributed by atoms with van der Waals surface area (Å²) in [4.78, 5) is 0. The summed E-state index contributed by atoms with van der Waals surface area (Å²) >= 11 is 0. The maximum absolute atomic E-state index is 9.78. The van der Waals surface area contributed by atoms with Crippen LogP contribution in [0.5, 0.6) is 0 Å². The molecule has 2 heteroatoms. The van der Waals surface area contributed by atoms with Crippen molar-refractivity contribution in [3.8, 4) is 28.5 Å². The molecule has 0 aliphatic heterocycles. The Morgan fingerprint density at radius 2 is 1.72 bits per heavy atom. The van der Waals surface area contributed by atoms with E-state index in [-0.39, 0.29) is 5.41 Å². The zero-order chi connectivity index (χ0) is 17.8. The van der Waals surface area contributed by atoms with Crippen molar-refractivity contribution in [2.45, 2.75) is 26.2 Å². The first-order chi connectivity index (χ1) is 12.0. The van der Waals surface area contributed by atoms with Gasteiger partial charge in [-0.25, -0.2) is 4.57 Å². The summed E-state index contributed by atoms with van der Waals surface area (Å²) in [5, 5.41) is 9.78. The largest absolute Gasteiger partial charge is 0.212 e. The molecule has 0 fully saturated rings. The van der Waals surface area contributed by atoms with Crippen LogP contribution in [0.3, 0.4) is 0 Å². The second-order valence-corrected chi connectivity index (χ2v) is 7.35. The van der Waals surface area contributed by atoms with Gasteiger partial charge in [-0.1, -0.05) is 38.1 Å². The molecule has 0 saturated heterocycles. The molecule has 25 heavy (non-hydrogen) atoms. The van der Waals surface area contributed by atoms with E-state index in [9.17, 15) is 5.26 Å². The highest BCUT2D eigenvalue weighted by molar-refractivity contribution is 5.91. The second-order valence-electron chi connectivity index (χ2n) is 7.35. The molecule has 0 spiro atoms. The van der Waals surface area contributed by atoms with E-state index in [1.807, 2.05) is 12.1 Å². The van der Waals surface area contributed by atoms with E-state index in [1.165, 1.54) is 27.9 Å². The van der Waals surface area contributed by atoms with E-state index >= 15 is 0 Å². The normalized spacial score (nSPS) is 13.9. The summed E-state index contributed by atoms with van der Waals surface area (Å²) in [7, 11) is 2.08. The van der Waals surface area contributed by atoms with Crippen LogP contribution in [0.2, 0.25) is 0 Å². The Morgan fingerprint density at radius 3 is 2.44 bits per heavy atom. The minimum absolute atomic E-state index is 0.137. The van der Waals surface area contributed by atoms with Crippen molar-refractivity contribution in [3.63, 3.8) is 0 Å². The lowest BCUT2D eigenvalue weighted by atomic mass is 9.77. The van der Waals surface area contributed by atoms with Crippen LogP contribution in [0.1, 0.15) is 36.1 Å². The predicted molar refractivity (Wildman–Crippen MR) is 100 cm³/mol. The van der Waals surface area contributed by atoms with Crippen molar-refractivity contribution in [3.05, 3.63) is 77.0 Å². The van der Waals surface area contributed by atoms with Crippen molar-refractivity contribution in [2.75, 3.05) is 0 Å². The number of nitriles is 1. The summed E-state index contributed by atoms with van der Waals surface area (Å²) in [6.07, 6.45) is 2.08. The number of aromatic nitrogens is 1. The number of benzene rings is 2. The van der Waals surface area contributed by atoms with Gasteiger partial charge in [0.25, 0.3) is 0 Å². The fourth-order valence-corrected chi connectivity index (χ4v) is 4.30. The Balaban J connectivity index is 2.20. The second kappa shape index (κ2) is 5.29. The fraction of sp³-hybridized carbons (Fsp3) is 0.217. The number of fused-ring (bicyclic) bond motifs is 3. The molecule has 122 valence electrons. The van der Waals surface area contributed by atoms with Crippen molar-refractivity contribution in [1.29, 1.82) is 5.26 Å². The molecule has 1 aromatic heterocycles. The Morgan fingerprint density at radius 1 is 1.00 bits per heavy atom. The average molecular weight is 325 g/mol. The molecule has 0 unspecified atom stereocenters. The van der Waals surface area contributed by atoms with Gasteiger partial charge < -0.3 is 0 Å². The first-order valence-electron chi connectivity index (χ1n) is 8.60. The van der Waals surface area contributed by atoms with Crippen LogP contribution in [0.4, 0.5) is 0 Å². The lowest BCUT2D eigenvalue weighted by molar-refractivity contribution is -0.660. The first kappa shape index (κ1) is 15.6. The van der Waals surface area contributed by atoms with Crippen LogP contribution < -0.4 is 4.57 Å². The van der Waals surface area contributed by atoms with E-state index in [1.54, 1.807) is 0 Å². The van der Waals surface area contributed by atoms with Gasteiger partial charge in [0.05, 0.1) is 17.2 Å². The number of aryl methyl sites for hydroxylation is 2. The molecular formula is C23H21N2+. The van der Waals surface area contributed by atoms with Crippen LogP contribution in [-0.2, 0) is 12.5 Å². The van der Waals surface area contributed by atoms with E-state index < -0.39 is 0 Å². The maximum Gasteiger partial charge on any atom is 0.212 e. The highest BCUT2D eigenvalue weighted by Crippen LogP contribution is 2.53. The van der Waals surface area contributed by atoms with E-state index in [2.05, 4.69) is 81.1 Å². The molecule has 0 bridgehead atoms. The van der Waals surface area contributed by atoms with E-state index in [0.717, 1.165) is 16.7 Å². The summed E-state index contributed by atoms with van der Waals surface area (Å²) in [6.45, 7) is 6.65. The Hall–Kier alpha value is -2.92. The smallest absolute Gasteiger partial charge is 0.201 e. The SMILES string of the molecule is Cc1cc(C#N)c2c(c1-c1cccc[n+]1C)C(C)(C)c1ccccc1-2. The fourth-order valence-electron chi connectivity index (χ4n) is 4.30. The van der Waals surface area contributed by atoms with Crippen LogP contribution in [0.15, 0.2) is 54.7 Å². The zero-order valence-electron chi connectivity index (χ0n) is 15.1. The lowest BCUT2D eigenvalue weighted by Gasteiger charge is -2.25. The highest BCUT2D eigenvalue weighted by Gasteiger charge is 2.40. The van der Waals surface area contributed by atoms with Crippen LogP contribution in [-0.4, -0.2) is 0 Å². The van der Waals surface area contributed by atoms with Crippen LogP contribution in [0.25, 0.3) is 22.4 Å². The van der Waals surface area contributed by atoms with Crippen LogP contribution >= 0.6 is 0 Å². The molecular weight excluding hydrogens is 304 g/mol. The van der Waals surface area contributed by atoms with E-state index in [0.29, 0.717) is 0 Å². The standard InChI is InChI=1S/C23H21N2/c1-15-13-16(14-24)21-17-9-5-6-10-18(17)23(2,3)22(21)20(15)19-11-7-8-12-25(19)4/h5-13H,1-4H3/q+1. The maximum atomic E-state index is 9.78. The minimum atomic E-state index is -0.137. The molecule has 0 atom stereocenters. The van der Waals surface area contributed by atoms with Gasteiger partial charge >= 0.3 is 0 Å². The van der Waals surface area contributed by atoms with Gasteiger partial charge in [-0.2, -0.15) is 5.26 Å². The Bertz CT molecular complexity index is 1050. The molecule has 1 aliphatic carbocycles. The average Bonchev–Trinajstić information content (AvgIpc) is 2.84. The minimum Gasteiger partial charge on any atom is -0.201 e. The summed E-state index contributed by atoms with van der Waals surface area (Å²) in [5.74, 6) is 0. The van der Waals surface area contributed by atoms with Gasteiger partial charge in [-0.3, -0.25) is 0 Å². The van der Waals surface area contributed by atoms with Gasteiger partial charge in [0.15, 0.2) is 6.20 Å². The quantitative estimate of drug-likeness (QED) is 0.598. The predicted octanol–water partition coefficient (Wildman–Crippen LogP) is 4.66. The van der Waals surface area contributed by atoms with Crippen molar-refractivity contribution in [2.24, 2.45) is 7.05 Å². The molecule has 0 saturated carbocycles. The molecule has 2 nitrogen and oxygen atoms in total. The van der Waals surface area contributed by atoms with Crippen molar-refractivity contribution >= 4 is 0 Å². The molecule has 3 aromatic rings. The topological polar surface area (TPSA) is 27.7 Å². The third-order valence-corrected chi connectivity index (χ3v) is 5.45. The summed E-state index contributed by atoms with van der Waals surface area (Å²) in [5.41, 5.74) is 9.08. The van der Waals surface area contributed by atoms with Gasteiger partial charge in [0, 0.05) is 23.1 Å². The van der Waals surface area contributed by atoms with Crippen molar-refractivity contribution < 1.29 is 4.57 Å². The number of nitrogens with zero attached hydrogens (tertiary/aromatic N) is 2. The third-order valence-electron chi connectivity index (χ3n) is 5.45. The third kappa shape index (κ3) is 2.06.